The van der Waals surface area contributed by atoms with Crippen LogP contribution in [0.1, 0.15) is 11.1 Å². The Labute approximate surface area is 222 Å². The van der Waals surface area contributed by atoms with E-state index in [1.54, 1.807) is 48.5 Å². The van der Waals surface area contributed by atoms with Gasteiger partial charge in [0.1, 0.15) is 18.3 Å². The Bertz CT molecular complexity index is 1320. The molecule has 0 saturated carbocycles. The quantitative estimate of drug-likeness (QED) is 0.399. The topological polar surface area (TPSA) is 96.0 Å². The number of hydrogen-bond donors (Lipinski definition) is 1. The van der Waals surface area contributed by atoms with Crippen LogP contribution < -0.4 is 14.4 Å². The zero-order chi connectivity index (χ0) is 27.0. The molecule has 0 aliphatic heterocycles. The summed E-state index contributed by atoms with van der Waals surface area (Å²) in [5.74, 6) is -0.609. The van der Waals surface area contributed by atoms with Crippen molar-refractivity contribution >= 4 is 39.1 Å². The summed E-state index contributed by atoms with van der Waals surface area (Å²) in [6.07, 6.45) is 1.27. The molecule has 0 saturated heterocycles. The molecule has 196 valence electrons. The van der Waals surface area contributed by atoms with Crippen LogP contribution in [0, 0.1) is 0 Å². The fraction of sp³-hybridized carbons (Fsp3) is 0.259. The lowest BCUT2D eigenvalue weighted by Crippen LogP contribution is -2.52. The molecule has 3 rings (SSSR count). The van der Waals surface area contributed by atoms with Crippen molar-refractivity contribution in [2.45, 2.75) is 19.0 Å². The first-order chi connectivity index (χ1) is 17.6. The van der Waals surface area contributed by atoms with Crippen molar-refractivity contribution in [3.63, 3.8) is 0 Å². The van der Waals surface area contributed by atoms with Gasteiger partial charge in [-0.2, -0.15) is 0 Å². The van der Waals surface area contributed by atoms with Crippen molar-refractivity contribution < 1.29 is 22.7 Å². The molecule has 0 radical (unpaired) electrons. The second-order valence-corrected chi connectivity index (χ2v) is 10.8. The average molecular weight is 544 g/mol. The van der Waals surface area contributed by atoms with Gasteiger partial charge in [-0.05, 0) is 35.4 Å². The number of amides is 2. The zero-order valence-electron chi connectivity index (χ0n) is 20.9. The first-order valence-corrected chi connectivity index (χ1v) is 13.8. The van der Waals surface area contributed by atoms with Crippen LogP contribution in [0.25, 0.3) is 0 Å². The Morgan fingerprint density at radius 3 is 2.16 bits per heavy atom. The number of carbonyl (C=O) groups excluding carboxylic acids is 2. The summed E-state index contributed by atoms with van der Waals surface area (Å²) in [6, 6.07) is 21.9. The maximum Gasteiger partial charge on any atom is 0.244 e. The first-order valence-electron chi connectivity index (χ1n) is 11.5. The minimum absolute atomic E-state index is 0.0739. The van der Waals surface area contributed by atoms with E-state index in [1.807, 2.05) is 30.3 Å². The summed E-state index contributed by atoms with van der Waals surface area (Å²) in [5, 5.41) is 3.18. The fourth-order valence-electron chi connectivity index (χ4n) is 3.94. The summed E-state index contributed by atoms with van der Waals surface area (Å²) in [6.45, 7) is -0.445. The number of methoxy groups -OCH3 is 1. The van der Waals surface area contributed by atoms with Gasteiger partial charge in [0, 0.05) is 25.0 Å². The molecule has 0 bridgehead atoms. The predicted octanol–water partition coefficient (Wildman–Crippen LogP) is 3.50. The number of ether oxygens (including phenoxy) is 1. The van der Waals surface area contributed by atoms with Crippen molar-refractivity contribution in [2.24, 2.45) is 0 Å². The Hall–Kier alpha value is -3.56. The average Bonchev–Trinajstić information content (AvgIpc) is 2.89. The second-order valence-electron chi connectivity index (χ2n) is 8.41. The number of sulfonamides is 1. The number of anilines is 1. The summed E-state index contributed by atoms with van der Waals surface area (Å²) >= 11 is 6.04. The van der Waals surface area contributed by atoms with E-state index in [2.05, 4.69) is 5.32 Å². The van der Waals surface area contributed by atoms with Crippen LogP contribution in [-0.4, -0.2) is 58.1 Å². The van der Waals surface area contributed by atoms with E-state index in [4.69, 9.17) is 16.3 Å². The fourth-order valence-corrected chi connectivity index (χ4v) is 4.92. The number of carbonyl (C=O) groups is 2. The number of halogens is 1. The third-order valence-corrected chi connectivity index (χ3v) is 7.20. The normalized spacial score (nSPS) is 11.9. The molecule has 0 aromatic heterocycles. The zero-order valence-corrected chi connectivity index (χ0v) is 22.5. The van der Waals surface area contributed by atoms with E-state index < -0.39 is 28.5 Å². The number of hydrogen-bond acceptors (Lipinski definition) is 5. The molecule has 0 aliphatic carbocycles. The Morgan fingerprint density at radius 2 is 1.57 bits per heavy atom. The molecule has 8 nitrogen and oxygen atoms in total. The van der Waals surface area contributed by atoms with Crippen molar-refractivity contribution in [1.29, 1.82) is 0 Å². The molecule has 0 fully saturated rings. The summed E-state index contributed by atoms with van der Waals surface area (Å²) in [5.41, 5.74) is 1.82. The second kappa shape index (κ2) is 12.6. The highest BCUT2D eigenvalue weighted by Gasteiger charge is 2.33. The molecule has 37 heavy (non-hydrogen) atoms. The third-order valence-electron chi connectivity index (χ3n) is 5.82. The first kappa shape index (κ1) is 28.0. The third kappa shape index (κ3) is 7.47. The van der Waals surface area contributed by atoms with Crippen LogP contribution in [-0.2, 0) is 32.6 Å². The van der Waals surface area contributed by atoms with Crippen LogP contribution >= 0.6 is 11.6 Å². The monoisotopic (exact) mass is 543 g/mol. The van der Waals surface area contributed by atoms with Crippen LogP contribution in [0.4, 0.5) is 5.69 Å². The van der Waals surface area contributed by atoms with Crippen LogP contribution in [0.5, 0.6) is 5.75 Å². The van der Waals surface area contributed by atoms with E-state index >= 15 is 0 Å². The van der Waals surface area contributed by atoms with Gasteiger partial charge in [-0.1, -0.05) is 66.2 Å². The van der Waals surface area contributed by atoms with E-state index in [1.165, 1.54) is 19.1 Å². The summed E-state index contributed by atoms with van der Waals surface area (Å²) in [4.78, 5) is 28.4. The van der Waals surface area contributed by atoms with Gasteiger partial charge < -0.3 is 15.0 Å². The lowest BCUT2D eigenvalue weighted by atomic mass is 10.0. The molecular weight excluding hydrogens is 514 g/mol. The van der Waals surface area contributed by atoms with Crippen LogP contribution in [0.3, 0.4) is 0 Å². The van der Waals surface area contributed by atoms with Gasteiger partial charge in [0.25, 0.3) is 0 Å². The molecule has 3 aromatic rings. The van der Waals surface area contributed by atoms with Crippen molar-refractivity contribution in [3.05, 3.63) is 95.0 Å². The van der Waals surface area contributed by atoms with Crippen LogP contribution in [0.2, 0.25) is 5.02 Å². The highest BCUT2D eigenvalue weighted by atomic mass is 35.5. The Kier molecular flexibility index (Phi) is 9.54. The number of benzene rings is 3. The van der Waals surface area contributed by atoms with Gasteiger partial charge in [0.15, 0.2) is 0 Å². The van der Waals surface area contributed by atoms with Gasteiger partial charge in [-0.15, -0.1) is 0 Å². The largest absolute Gasteiger partial charge is 0.495 e. The molecular formula is C27H30ClN3O5S. The smallest absolute Gasteiger partial charge is 0.244 e. The molecule has 0 spiro atoms. The van der Waals surface area contributed by atoms with Gasteiger partial charge >= 0.3 is 0 Å². The van der Waals surface area contributed by atoms with Gasteiger partial charge in [0.05, 0.1) is 19.1 Å². The number of rotatable bonds is 11. The Balaban J connectivity index is 2.04. The Morgan fingerprint density at radius 1 is 0.946 bits per heavy atom. The number of nitrogens with zero attached hydrogens (tertiary/aromatic N) is 2. The highest BCUT2D eigenvalue weighted by molar-refractivity contribution is 7.92. The number of para-hydroxylation sites is 2. The van der Waals surface area contributed by atoms with E-state index in [9.17, 15) is 18.0 Å². The van der Waals surface area contributed by atoms with Crippen LogP contribution in [0.15, 0.2) is 78.9 Å². The maximum absolute atomic E-state index is 13.9. The minimum Gasteiger partial charge on any atom is -0.495 e. The van der Waals surface area contributed by atoms with Gasteiger partial charge in [0.2, 0.25) is 21.8 Å². The lowest BCUT2D eigenvalue weighted by Gasteiger charge is -2.33. The summed E-state index contributed by atoms with van der Waals surface area (Å²) < 4.78 is 32.0. The van der Waals surface area contributed by atoms with Gasteiger partial charge in [-0.25, -0.2) is 8.42 Å². The SMILES string of the molecule is CNC(=O)[C@@H](Cc1ccccc1)N(Cc1ccc(Cl)cc1)C(=O)CN(c1ccccc1OC)S(C)(=O)=O. The molecule has 1 N–H and O–H groups in total. The van der Waals surface area contributed by atoms with Crippen molar-refractivity contribution in [2.75, 3.05) is 31.3 Å². The van der Waals surface area contributed by atoms with Crippen molar-refractivity contribution in [1.82, 2.24) is 10.2 Å². The maximum atomic E-state index is 13.9. The molecule has 0 unspecified atom stereocenters. The molecule has 0 heterocycles. The predicted molar refractivity (Wildman–Crippen MR) is 145 cm³/mol. The molecule has 1 atom stereocenters. The van der Waals surface area contributed by atoms with Gasteiger partial charge in [-0.3, -0.25) is 13.9 Å². The van der Waals surface area contributed by atoms with E-state index in [0.717, 1.165) is 21.7 Å². The van der Waals surface area contributed by atoms with E-state index in [-0.39, 0.29) is 24.6 Å². The summed E-state index contributed by atoms with van der Waals surface area (Å²) in [7, 11) is -0.951. The minimum atomic E-state index is -3.88. The number of likely N-dealkylation sites (N-methyl/N-ethyl adjacent to an activating group) is 1. The number of nitrogens with one attached hydrogen (secondary N) is 1. The molecule has 2 amide bonds. The molecule has 0 aliphatic rings. The molecule has 10 heteroatoms. The van der Waals surface area contributed by atoms with Crippen molar-refractivity contribution in [3.8, 4) is 5.75 Å². The highest BCUT2D eigenvalue weighted by Crippen LogP contribution is 2.30. The van der Waals surface area contributed by atoms with E-state index in [0.29, 0.717) is 10.8 Å². The molecule has 3 aromatic carbocycles. The lowest BCUT2D eigenvalue weighted by molar-refractivity contribution is -0.139. The standard InChI is InChI=1S/C27H30ClN3O5S/c1-29-27(33)24(17-20-9-5-4-6-10-20)30(18-21-13-15-22(28)16-14-21)26(32)19-31(37(3,34)35)23-11-7-8-12-25(23)36-2/h4-16,24H,17-19H2,1-3H3,(H,29,33)/t24-/m1/s1.